The van der Waals surface area contributed by atoms with Crippen molar-refractivity contribution in [3.63, 3.8) is 0 Å². The number of anilines is 3. The summed E-state index contributed by atoms with van der Waals surface area (Å²) in [6.07, 6.45) is 0. The molecule has 3 heteroatoms. The van der Waals surface area contributed by atoms with Gasteiger partial charge in [0.1, 0.15) is 22.3 Å². The van der Waals surface area contributed by atoms with E-state index in [1.54, 1.807) is 0 Å². The second kappa shape index (κ2) is 13.4. The van der Waals surface area contributed by atoms with E-state index < -0.39 is 0 Å². The van der Waals surface area contributed by atoms with E-state index in [0.717, 1.165) is 88.6 Å². The van der Waals surface area contributed by atoms with Gasteiger partial charge in [0.2, 0.25) is 0 Å². The van der Waals surface area contributed by atoms with E-state index in [1.807, 2.05) is 6.07 Å². The van der Waals surface area contributed by atoms with Crippen LogP contribution < -0.4 is 4.90 Å². The molecule has 0 aliphatic heterocycles. The molecular weight excluding hydrogens is 719 g/mol. The van der Waals surface area contributed by atoms with Crippen LogP contribution in [0.2, 0.25) is 0 Å². The normalized spacial score (nSPS) is 11.7. The first-order chi connectivity index (χ1) is 29.2. The van der Waals surface area contributed by atoms with Crippen LogP contribution in [0.15, 0.2) is 221 Å². The second-order valence-corrected chi connectivity index (χ2v) is 15.3. The summed E-state index contributed by atoms with van der Waals surface area (Å²) in [4.78, 5) is 2.34. The molecule has 2 heterocycles. The average molecular weight is 754 g/mol. The summed E-state index contributed by atoms with van der Waals surface area (Å²) in [5, 5.41) is 9.21. The molecule has 276 valence electrons. The van der Waals surface area contributed by atoms with Crippen molar-refractivity contribution in [2.24, 2.45) is 0 Å². The van der Waals surface area contributed by atoms with E-state index in [9.17, 15) is 0 Å². The molecular formula is C56H35NO2. The van der Waals surface area contributed by atoms with Crippen molar-refractivity contribution in [1.82, 2.24) is 0 Å². The summed E-state index contributed by atoms with van der Waals surface area (Å²) >= 11 is 0. The first kappa shape index (κ1) is 33.3. The van der Waals surface area contributed by atoms with E-state index in [0.29, 0.717) is 0 Å². The molecule has 0 amide bonds. The Morgan fingerprint density at radius 1 is 0.271 bits per heavy atom. The quantitative estimate of drug-likeness (QED) is 0.169. The average Bonchev–Trinajstić information content (AvgIpc) is 3.88. The molecule has 0 aliphatic rings. The van der Waals surface area contributed by atoms with Gasteiger partial charge in [-0.1, -0.05) is 146 Å². The molecule has 0 spiro atoms. The van der Waals surface area contributed by atoms with E-state index in [4.69, 9.17) is 8.83 Å². The van der Waals surface area contributed by atoms with Gasteiger partial charge in [0, 0.05) is 49.6 Å². The van der Waals surface area contributed by atoms with Gasteiger partial charge in [-0.3, -0.25) is 0 Å². The van der Waals surface area contributed by atoms with Gasteiger partial charge in [-0.2, -0.15) is 0 Å². The van der Waals surface area contributed by atoms with Gasteiger partial charge < -0.3 is 13.7 Å². The standard InChI is InChI=1S/C56H35NO2/c1-2-10-39(11-3-1)48-15-8-16-49-51-34-43(24-31-53(51)58-55(48)49)38-21-27-45(28-22-38)57(44-25-19-37(20-26-44)42-18-17-36-9-4-5-13-41(36)33-42)46-29-32-54-52(35-46)50-30-23-40-12-6-7-14-47(40)56(50)59-54/h1-35H. The monoisotopic (exact) mass is 753 g/mol. The first-order valence-electron chi connectivity index (χ1n) is 20.1. The largest absolute Gasteiger partial charge is 0.455 e. The van der Waals surface area contributed by atoms with Gasteiger partial charge in [0.15, 0.2) is 0 Å². The van der Waals surface area contributed by atoms with Gasteiger partial charge in [-0.05, 0) is 111 Å². The minimum atomic E-state index is 0.875. The Bertz CT molecular complexity index is 3540. The maximum absolute atomic E-state index is 6.53. The summed E-state index contributed by atoms with van der Waals surface area (Å²) < 4.78 is 13.0. The number of benzene rings is 10. The summed E-state index contributed by atoms with van der Waals surface area (Å²) in [6, 6.07) is 75.7. The molecule has 0 N–H and O–H groups in total. The molecule has 0 saturated heterocycles. The molecule has 59 heavy (non-hydrogen) atoms. The van der Waals surface area contributed by atoms with E-state index in [2.05, 4.69) is 211 Å². The van der Waals surface area contributed by atoms with Crippen LogP contribution in [0.1, 0.15) is 0 Å². The molecule has 12 aromatic rings. The van der Waals surface area contributed by atoms with Crippen LogP contribution in [0.5, 0.6) is 0 Å². The van der Waals surface area contributed by atoms with Crippen molar-refractivity contribution >= 4 is 82.5 Å². The van der Waals surface area contributed by atoms with E-state index in [1.165, 1.54) is 27.3 Å². The zero-order valence-electron chi connectivity index (χ0n) is 32.0. The van der Waals surface area contributed by atoms with Crippen LogP contribution in [-0.4, -0.2) is 0 Å². The highest BCUT2D eigenvalue weighted by atomic mass is 16.3. The highest BCUT2D eigenvalue weighted by Crippen LogP contribution is 2.42. The molecule has 10 aromatic carbocycles. The van der Waals surface area contributed by atoms with Crippen LogP contribution >= 0.6 is 0 Å². The third kappa shape index (κ3) is 5.59. The lowest BCUT2D eigenvalue weighted by molar-refractivity contribution is 0.670. The second-order valence-electron chi connectivity index (χ2n) is 15.3. The van der Waals surface area contributed by atoms with Crippen LogP contribution in [0.3, 0.4) is 0 Å². The van der Waals surface area contributed by atoms with Crippen LogP contribution in [0.4, 0.5) is 17.1 Å². The lowest BCUT2D eigenvalue weighted by Gasteiger charge is -2.26. The third-order valence-corrected chi connectivity index (χ3v) is 11.9. The predicted octanol–water partition coefficient (Wildman–Crippen LogP) is 16.3. The number of fused-ring (bicyclic) bond motifs is 9. The van der Waals surface area contributed by atoms with Crippen molar-refractivity contribution in [2.45, 2.75) is 0 Å². The fourth-order valence-electron chi connectivity index (χ4n) is 8.88. The summed E-state index contributed by atoms with van der Waals surface area (Å²) in [5.41, 5.74) is 13.7. The Labute approximate surface area is 340 Å². The molecule has 0 atom stereocenters. The first-order valence-corrected chi connectivity index (χ1v) is 20.1. The number of furan rings is 2. The van der Waals surface area contributed by atoms with E-state index in [-0.39, 0.29) is 0 Å². The Hall–Kier alpha value is -7.88. The maximum atomic E-state index is 6.53. The van der Waals surface area contributed by atoms with E-state index >= 15 is 0 Å². The van der Waals surface area contributed by atoms with Crippen LogP contribution in [0.25, 0.3) is 98.8 Å². The summed E-state index contributed by atoms with van der Waals surface area (Å²) in [7, 11) is 0. The number of rotatable bonds is 6. The SMILES string of the molecule is c1ccc(-c2cccc3c2oc2ccc(-c4ccc(N(c5ccc(-c6ccc7ccccc7c6)cc5)c5ccc6oc7c8ccccc8ccc7c6c5)cc4)cc23)cc1. The summed E-state index contributed by atoms with van der Waals surface area (Å²) in [6.45, 7) is 0. The Balaban J connectivity index is 0.956. The van der Waals surface area contributed by atoms with Crippen LogP contribution in [-0.2, 0) is 0 Å². The topological polar surface area (TPSA) is 29.5 Å². The van der Waals surface area contributed by atoms with Crippen molar-refractivity contribution in [3.8, 4) is 33.4 Å². The van der Waals surface area contributed by atoms with Gasteiger partial charge in [0.25, 0.3) is 0 Å². The van der Waals surface area contributed by atoms with Crippen molar-refractivity contribution < 1.29 is 8.83 Å². The zero-order valence-corrected chi connectivity index (χ0v) is 32.0. The third-order valence-electron chi connectivity index (χ3n) is 11.9. The lowest BCUT2D eigenvalue weighted by Crippen LogP contribution is -2.09. The van der Waals surface area contributed by atoms with Crippen molar-refractivity contribution in [2.75, 3.05) is 4.90 Å². The van der Waals surface area contributed by atoms with Crippen LogP contribution in [0, 0.1) is 0 Å². The molecule has 0 bridgehead atoms. The number of hydrogen-bond donors (Lipinski definition) is 0. The van der Waals surface area contributed by atoms with Crippen molar-refractivity contribution in [1.29, 1.82) is 0 Å². The number of nitrogens with zero attached hydrogens (tertiary/aromatic N) is 1. The maximum Gasteiger partial charge on any atom is 0.143 e. The fourth-order valence-corrected chi connectivity index (χ4v) is 8.88. The van der Waals surface area contributed by atoms with Gasteiger partial charge in [-0.25, -0.2) is 0 Å². The lowest BCUT2D eigenvalue weighted by atomic mass is 9.99. The van der Waals surface area contributed by atoms with Crippen molar-refractivity contribution in [3.05, 3.63) is 212 Å². The molecule has 0 unspecified atom stereocenters. The molecule has 0 radical (unpaired) electrons. The highest BCUT2D eigenvalue weighted by Gasteiger charge is 2.18. The molecule has 0 aliphatic carbocycles. The number of hydrogen-bond acceptors (Lipinski definition) is 3. The van der Waals surface area contributed by atoms with Gasteiger partial charge in [-0.15, -0.1) is 0 Å². The zero-order chi connectivity index (χ0) is 38.9. The molecule has 3 nitrogen and oxygen atoms in total. The Kier molecular flexibility index (Phi) is 7.54. The van der Waals surface area contributed by atoms with Gasteiger partial charge >= 0.3 is 0 Å². The minimum Gasteiger partial charge on any atom is -0.455 e. The van der Waals surface area contributed by atoms with Gasteiger partial charge in [0.05, 0.1) is 0 Å². The number of para-hydroxylation sites is 1. The smallest absolute Gasteiger partial charge is 0.143 e. The Morgan fingerprint density at radius 3 is 1.59 bits per heavy atom. The Morgan fingerprint density at radius 2 is 0.814 bits per heavy atom. The molecule has 2 aromatic heterocycles. The summed E-state index contributed by atoms with van der Waals surface area (Å²) in [5.74, 6) is 0. The fraction of sp³-hybridized carbons (Fsp3) is 0. The molecule has 12 rings (SSSR count). The molecule has 0 saturated carbocycles. The minimum absolute atomic E-state index is 0.875. The molecule has 0 fully saturated rings. The predicted molar refractivity (Wildman–Crippen MR) is 247 cm³/mol. The highest BCUT2D eigenvalue weighted by molar-refractivity contribution is 6.16.